The molecule has 0 atom stereocenters. The van der Waals surface area contributed by atoms with Crippen molar-refractivity contribution in [2.45, 2.75) is 5.41 Å². The van der Waals surface area contributed by atoms with E-state index < -0.39 is 5.41 Å². The Labute approximate surface area is 359 Å². The summed E-state index contributed by atoms with van der Waals surface area (Å²) in [7, 11) is 0. The third-order valence-corrected chi connectivity index (χ3v) is 14.4. The lowest BCUT2D eigenvalue weighted by molar-refractivity contribution is 0.793. The van der Waals surface area contributed by atoms with E-state index in [1.165, 1.54) is 97.7 Å². The molecule has 61 heavy (non-hydrogen) atoms. The summed E-state index contributed by atoms with van der Waals surface area (Å²) in [4.78, 5) is 2.53. The Morgan fingerprint density at radius 1 is 0.344 bits per heavy atom. The molecule has 1 spiro atoms. The van der Waals surface area contributed by atoms with Crippen LogP contribution in [-0.2, 0) is 5.41 Å². The van der Waals surface area contributed by atoms with E-state index in [2.05, 4.69) is 229 Å². The van der Waals surface area contributed by atoms with Gasteiger partial charge in [-0.1, -0.05) is 176 Å². The van der Waals surface area contributed by atoms with Crippen LogP contribution in [0.15, 0.2) is 224 Å². The van der Waals surface area contributed by atoms with E-state index in [1.807, 2.05) is 11.3 Å². The summed E-state index contributed by atoms with van der Waals surface area (Å²) in [5, 5.41) is 5.01. The molecule has 0 bridgehead atoms. The van der Waals surface area contributed by atoms with Gasteiger partial charge in [-0.25, -0.2) is 0 Å². The number of hydrogen-bond donors (Lipinski definition) is 0. The first-order chi connectivity index (χ1) is 30.3. The first-order valence-electron chi connectivity index (χ1n) is 21.1. The summed E-state index contributed by atoms with van der Waals surface area (Å²) in [6.07, 6.45) is 0. The van der Waals surface area contributed by atoms with Gasteiger partial charge in [-0.3, -0.25) is 0 Å². The number of rotatable bonds is 5. The third-order valence-electron chi connectivity index (χ3n) is 13.3. The average Bonchev–Trinajstić information content (AvgIpc) is 3.96. The van der Waals surface area contributed by atoms with Gasteiger partial charge in [0.25, 0.3) is 0 Å². The van der Waals surface area contributed by atoms with Crippen LogP contribution in [0.25, 0.3) is 75.5 Å². The molecule has 0 radical (unpaired) electrons. The Kier molecular flexibility index (Phi) is 7.46. The highest BCUT2D eigenvalue weighted by molar-refractivity contribution is 7.26. The molecule has 10 aromatic carbocycles. The third kappa shape index (κ3) is 4.94. The predicted molar refractivity (Wildman–Crippen MR) is 259 cm³/mol. The van der Waals surface area contributed by atoms with Crippen LogP contribution in [-0.4, -0.2) is 0 Å². The minimum atomic E-state index is -0.454. The molecular formula is C59H37NS. The largest absolute Gasteiger partial charge is 0.310 e. The fourth-order valence-corrected chi connectivity index (χ4v) is 11.8. The van der Waals surface area contributed by atoms with Crippen LogP contribution < -0.4 is 4.90 Å². The van der Waals surface area contributed by atoms with Gasteiger partial charge in [-0.05, 0) is 121 Å². The molecule has 0 fully saturated rings. The van der Waals surface area contributed by atoms with E-state index >= 15 is 0 Å². The molecule has 2 aliphatic carbocycles. The second-order valence-electron chi connectivity index (χ2n) is 16.4. The first kappa shape index (κ1) is 34.4. The monoisotopic (exact) mass is 791 g/mol. The van der Waals surface area contributed by atoms with E-state index in [4.69, 9.17) is 0 Å². The van der Waals surface area contributed by atoms with Crippen LogP contribution in [0.2, 0.25) is 0 Å². The van der Waals surface area contributed by atoms with Crippen LogP contribution in [0, 0.1) is 0 Å². The molecule has 0 N–H and O–H groups in total. The number of nitrogens with zero attached hydrogens (tertiary/aromatic N) is 1. The van der Waals surface area contributed by atoms with E-state index in [0.29, 0.717) is 0 Å². The minimum Gasteiger partial charge on any atom is -0.310 e. The lowest BCUT2D eigenvalue weighted by atomic mass is 9.70. The maximum atomic E-state index is 2.53. The van der Waals surface area contributed by atoms with Crippen molar-refractivity contribution >= 4 is 59.3 Å². The van der Waals surface area contributed by atoms with Gasteiger partial charge in [0, 0.05) is 37.1 Å². The molecule has 1 heterocycles. The SMILES string of the molecule is c1ccc(-c2cccc(-c3c(N(c4ccc5c(c4)C4(c6ccccc6-c6ccccc64)c4ccccc4-5)c4ccc5ccccc5c4)ccc4sc5ccccc5c34)c2)cc1. The van der Waals surface area contributed by atoms with E-state index in [1.54, 1.807) is 0 Å². The van der Waals surface area contributed by atoms with Crippen molar-refractivity contribution in [3.63, 3.8) is 0 Å². The average molecular weight is 792 g/mol. The maximum Gasteiger partial charge on any atom is 0.0726 e. The van der Waals surface area contributed by atoms with Gasteiger partial charge >= 0.3 is 0 Å². The molecule has 2 heteroatoms. The number of thiophene rings is 1. The second-order valence-corrected chi connectivity index (χ2v) is 17.4. The molecule has 0 saturated carbocycles. The normalized spacial score (nSPS) is 13.0. The van der Waals surface area contributed by atoms with Crippen LogP contribution >= 0.6 is 11.3 Å². The van der Waals surface area contributed by atoms with E-state index in [9.17, 15) is 0 Å². The second kappa shape index (κ2) is 13.2. The molecule has 1 aromatic heterocycles. The van der Waals surface area contributed by atoms with Crippen LogP contribution in [0.4, 0.5) is 17.1 Å². The lowest BCUT2D eigenvalue weighted by Gasteiger charge is -2.33. The Hall–Kier alpha value is -7.52. The van der Waals surface area contributed by atoms with E-state index in [-0.39, 0.29) is 0 Å². The van der Waals surface area contributed by atoms with Crippen LogP contribution in [0.1, 0.15) is 22.3 Å². The molecule has 13 rings (SSSR count). The quantitative estimate of drug-likeness (QED) is 0.168. The zero-order valence-electron chi connectivity index (χ0n) is 33.2. The number of hydrogen-bond acceptors (Lipinski definition) is 2. The van der Waals surface area contributed by atoms with Gasteiger partial charge in [0.05, 0.1) is 11.1 Å². The summed E-state index contributed by atoms with van der Waals surface area (Å²) in [6, 6.07) is 83.7. The van der Waals surface area contributed by atoms with Crippen molar-refractivity contribution in [1.29, 1.82) is 0 Å². The Morgan fingerprint density at radius 2 is 0.918 bits per heavy atom. The highest BCUT2D eigenvalue weighted by atomic mass is 32.1. The summed E-state index contributed by atoms with van der Waals surface area (Å²) >= 11 is 1.88. The van der Waals surface area contributed by atoms with Crippen molar-refractivity contribution in [3.8, 4) is 44.5 Å². The van der Waals surface area contributed by atoms with Gasteiger partial charge in [-0.2, -0.15) is 0 Å². The van der Waals surface area contributed by atoms with Crippen molar-refractivity contribution in [1.82, 2.24) is 0 Å². The molecule has 0 amide bonds. The van der Waals surface area contributed by atoms with Crippen LogP contribution in [0.5, 0.6) is 0 Å². The van der Waals surface area contributed by atoms with Gasteiger partial charge in [0.15, 0.2) is 0 Å². The Morgan fingerprint density at radius 3 is 1.67 bits per heavy atom. The molecule has 2 aliphatic rings. The van der Waals surface area contributed by atoms with Gasteiger partial charge in [-0.15, -0.1) is 11.3 Å². The van der Waals surface area contributed by atoms with Crippen molar-refractivity contribution < 1.29 is 0 Å². The topological polar surface area (TPSA) is 3.24 Å². The number of benzene rings is 10. The Bertz CT molecular complexity index is 3490. The van der Waals surface area contributed by atoms with Crippen molar-refractivity contribution in [2.24, 2.45) is 0 Å². The standard InChI is InChI=1S/C59H37NS/c1-2-15-38(16-3-1)40-19-14-20-42(35-40)57-54(33-34-56-58(57)49-24-9-13-28-55(49)61-56)60(43-30-29-39-17-4-5-18-41(39)36-43)44-31-32-48-47-23-8-12-27-52(47)59(53(48)37-44)50-25-10-6-21-45(50)46-22-7-11-26-51(46)59/h1-37H. The lowest BCUT2D eigenvalue weighted by Crippen LogP contribution is -2.26. The minimum absolute atomic E-state index is 0.454. The van der Waals surface area contributed by atoms with Gasteiger partial charge in [0.1, 0.15) is 0 Å². The Balaban J connectivity index is 1.13. The number of fused-ring (bicyclic) bond motifs is 14. The first-order valence-corrected chi connectivity index (χ1v) is 21.9. The van der Waals surface area contributed by atoms with Crippen LogP contribution in [0.3, 0.4) is 0 Å². The molecule has 0 unspecified atom stereocenters. The molecule has 284 valence electrons. The smallest absolute Gasteiger partial charge is 0.0726 e. The fraction of sp³-hybridized carbons (Fsp3) is 0.0169. The molecule has 1 nitrogen and oxygen atoms in total. The number of anilines is 3. The van der Waals surface area contributed by atoms with Gasteiger partial charge in [0.2, 0.25) is 0 Å². The van der Waals surface area contributed by atoms with Gasteiger partial charge < -0.3 is 4.90 Å². The van der Waals surface area contributed by atoms with Crippen molar-refractivity contribution in [3.05, 3.63) is 247 Å². The molecule has 0 aliphatic heterocycles. The molecular weight excluding hydrogens is 755 g/mol. The molecule has 0 saturated heterocycles. The van der Waals surface area contributed by atoms with E-state index in [0.717, 1.165) is 17.1 Å². The summed E-state index contributed by atoms with van der Waals surface area (Å²) in [5.41, 5.74) is 18.4. The zero-order valence-corrected chi connectivity index (χ0v) is 34.0. The van der Waals surface area contributed by atoms with Crippen molar-refractivity contribution in [2.75, 3.05) is 4.90 Å². The molecule has 11 aromatic rings. The fourth-order valence-electron chi connectivity index (χ4n) is 10.7. The predicted octanol–water partition coefficient (Wildman–Crippen LogP) is 16.4. The summed E-state index contributed by atoms with van der Waals surface area (Å²) in [5.74, 6) is 0. The highest BCUT2D eigenvalue weighted by Crippen LogP contribution is 2.63. The highest BCUT2D eigenvalue weighted by Gasteiger charge is 2.51. The summed E-state index contributed by atoms with van der Waals surface area (Å²) in [6.45, 7) is 0. The summed E-state index contributed by atoms with van der Waals surface area (Å²) < 4.78 is 2.58. The zero-order chi connectivity index (χ0) is 40.1. The maximum absolute atomic E-state index is 2.53.